The van der Waals surface area contributed by atoms with Crippen LogP contribution in [-0.4, -0.2) is 72.3 Å². The number of anilines is 1. The van der Waals surface area contributed by atoms with Gasteiger partial charge in [-0.05, 0) is 31.0 Å². The van der Waals surface area contributed by atoms with Crippen molar-refractivity contribution in [3.63, 3.8) is 0 Å². The molecule has 0 saturated carbocycles. The van der Waals surface area contributed by atoms with Crippen molar-refractivity contribution in [1.29, 1.82) is 0 Å². The minimum absolute atomic E-state index is 0.00642. The molecule has 3 unspecified atom stereocenters. The van der Waals surface area contributed by atoms with Gasteiger partial charge in [-0.25, -0.2) is 14.4 Å². The number of aliphatic imine (C=N–C) groups is 2. The third-order valence-corrected chi connectivity index (χ3v) is 5.98. The Labute approximate surface area is 171 Å². The maximum Gasteiger partial charge on any atom is 0.234 e. The number of carbonyl (C=O) groups excluding carboxylic acids is 1. The summed E-state index contributed by atoms with van der Waals surface area (Å²) in [5.74, 6) is 0.118. The lowest BCUT2D eigenvalue weighted by Crippen LogP contribution is -2.49. The van der Waals surface area contributed by atoms with Crippen molar-refractivity contribution < 1.29 is 19.0 Å². The summed E-state index contributed by atoms with van der Waals surface area (Å²) in [4.78, 5) is 24.7. The first kappa shape index (κ1) is 19.5. The number of benzene rings is 1. The second-order valence-electron chi connectivity index (χ2n) is 7.16. The van der Waals surface area contributed by atoms with Gasteiger partial charge in [0.1, 0.15) is 11.7 Å². The van der Waals surface area contributed by atoms with Crippen LogP contribution in [0.4, 0.5) is 10.1 Å². The van der Waals surface area contributed by atoms with E-state index in [0.717, 1.165) is 22.1 Å². The molecule has 3 aliphatic heterocycles. The Kier molecular flexibility index (Phi) is 5.48. The Balaban J connectivity index is 1.55. The number of ether oxygens (including phenoxy) is 1. The summed E-state index contributed by atoms with van der Waals surface area (Å²) < 4.78 is 20.7. The third kappa shape index (κ3) is 3.58. The Morgan fingerprint density at radius 3 is 2.89 bits per heavy atom. The average molecular weight is 453 g/mol. The first-order valence-electron chi connectivity index (χ1n) is 9.35. The summed E-state index contributed by atoms with van der Waals surface area (Å²) >= 11 is 3.54. The van der Waals surface area contributed by atoms with Gasteiger partial charge in [0.05, 0.1) is 19.6 Å². The molecule has 0 aromatic heterocycles. The monoisotopic (exact) mass is 452 g/mol. The largest absolute Gasteiger partial charge is 0.378 e. The number of hydrogen-bond donors (Lipinski definition) is 1. The quantitative estimate of drug-likeness (QED) is 0.743. The van der Waals surface area contributed by atoms with Crippen molar-refractivity contribution in [2.75, 3.05) is 31.2 Å². The van der Waals surface area contributed by atoms with Crippen molar-refractivity contribution in [1.82, 2.24) is 4.90 Å². The summed E-state index contributed by atoms with van der Waals surface area (Å²) in [5, 5.41) is 10.0. The number of aliphatic hydroxyl groups excluding tert-OH is 1. The van der Waals surface area contributed by atoms with Gasteiger partial charge in [-0.15, -0.1) is 0 Å². The van der Waals surface area contributed by atoms with Crippen LogP contribution < -0.4 is 4.90 Å². The molecule has 1 aromatic carbocycles. The smallest absolute Gasteiger partial charge is 0.234 e. The molecule has 1 saturated heterocycles. The van der Waals surface area contributed by atoms with Crippen molar-refractivity contribution in [3.05, 3.63) is 28.2 Å². The fourth-order valence-corrected chi connectivity index (χ4v) is 4.41. The summed E-state index contributed by atoms with van der Waals surface area (Å²) in [7, 11) is 0. The van der Waals surface area contributed by atoms with Crippen LogP contribution >= 0.6 is 15.9 Å². The Morgan fingerprint density at radius 2 is 2.14 bits per heavy atom. The van der Waals surface area contributed by atoms with E-state index in [2.05, 4.69) is 25.9 Å². The molecule has 7 nitrogen and oxygen atoms in total. The molecule has 0 spiro atoms. The van der Waals surface area contributed by atoms with Crippen LogP contribution in [0.15, 0.2) is 32.7 Å². The predicted molar refractivity (Wildman–Crippen MR) is 108 cm³/mol. The number of aliphatic hydroxyl groups is 1. The van der Waals surface area contributed by atoms with E-state index in [0.29, 0.717) is 26.3 Å². The molecule has 3 atom stereocenters. The van der Waals surface area contributed by atoms with Gasteiger partial charge >= 0.3 is 0 Å². The van der Waals surface area contributed by atoms with E-state index >= 15 is 0 Å². The number of fused-ring (bicyclic) bond motifs is 1. The molecule has 9 heteroatoms. The highest BCUT2D eigenvalue weighted by atomic mass is 79.9. The zero-order chi connectivity index (χ0) is 19.8. The second kappa shape index (κ2) is 7.88. The zero-order valence-corrected chi connectivity index (χ0v) is 17.1. The van der Waals surface area contributed by atoms with Crippen molar-refractivity contribution >= 4 is 39.2 Å². The summed E-state index contributed by atoms with van der Waals surface area (Å²) in [5.41, 5.74) is 1.96. The van der Waals surface area contributed by atoms with Gasteiger partial charge in [0, 0.05) is 29.3 Å². The normalized spacial score (nSPS) is 27.4. The lowest BCUT2D eigenvalue weighted by Gasteiger charge is -2.33. The lowest BCUT2D eigenvalue weighted by molar-refractivity contribution is -0.117. The topological polar surface area (TPSA) is 77.7 Å². The van der Waals surface area contributed by atoms with Gasteiger partial charge in [0.2, 0.25) is 12.1 Å². The molecule has 4 rings (SSSR count). The maximum atomic E-state index is 14.5. The fourth-order valence-electron chi connectivity index (χ4n) is 3.90. The van der Waals surface area contributed by atoms with Crippen molar-refractivity contribution in [3.8, 4) is 0 Å². The molecule has 3 heterocycles. The van der Waals surface area contributed by atoms with Gasteiger partial charge in [-0.1, -0.05) is 22.0 Å². The Bertz CT molecular complexity index is 840. The van der Waals surface area contributed by atoms with Crippen LogP contribution in [0.2, 0.25) is 0 Å². The minimum Gasteiger partial charge on any atom is -0.378 e. The molecule has 0 bridgehead atoms. The van der Waals surface area contributed by atoms with E-state index in [1.165, 1.54) is 0 Å². The summed E-state index contributed by atoms with van der Waals surface area (Å²) in [6, 6.07) is 5.78. The van der Waals surface area contributed by atoms with Crippen LogP contribution in [0.3, 0.4) is 0 Å². The van der Waals surface area contributed by atoms with Crippen LogP contribution in [0.1, 0.15) is 18.9 Å². The van der Waals surface area contributed by atoms with Crippen molar-refractivity contribution in [2.45, 2.75) is 38.2 Å². The van der Waals surface area contributed by atoms with Gasteiger partial charge in [-0.2, -0.15) is 0 Å². The SMILES string of the molecule is CC1Cc2c(Br)cccc2N1C(=O)CC1=NC(O)C(F)C(N2CCOCC2)=N1. The van der Waals surface area contributed by atoms with Crippen LogP contribution in [-0.2, 0) is 16.0 Å². The number of amides is 1. The molecule has 1 N–H and O–H groups in total. The number of morpholine rings is 1. The summed E-state index contributed by atoms with van der Waals surface area (Å²) in [6.07, 6.45) is -2.57. The highest BCUT2D eigenvalue weighted by Gasteiger charge is 2.36. The van der Waals surface area contributed by atoms with Crippen LogP contribution in [0, 0.1) is 0 Å². The van der Waals surface area contributed by atoms with E-state index in [-0.39, 0.29) is 30.0 Å². The number of rotatable bonds is 2. The number of carbonyl (C=O) groups is 1. The van der Waals surface area contributed by atoms with Gasteiger partial charge in [-0.3, -0.25) is 4.79 Å². The van der Waals surface area contributed by atoms with Gasteiger partial charge in [0.25, 0.3) is 0 Å². The highest BCUT2D eigenvalue weighted by Crippen LogP contribution is 2.37. The zero-order valence-electron chi connectivity index (χ0n) is 15.5. The number of nitrogens with zero attached hydrogens (tertiary/aromatic N) is 4. The molecule has 0 aliphatic carbocycles. The van der Waals surface area contributed by atoms with Gasteiger partial charge < -0.3 is 19.6 Å². The molecular weight excluding hydrogens is 431 g/mol. The molecule has 150 valence electrons. The molecule has 3 aliphatic rings. The first-order valence-corrected chi connectivity index (χ1v) is 10.1. The van der Waals surface area contributed by atoms with Crippen LogP contribution in [0.5, 0.6) is 0 Å². The highest BCUT2D eigenvalue weighted by molar-refractivity contribution is 9.10. The van der Waals surface area contributed by atoms with Gasteiger partial charge in [0.15, 0.2) is 6.23 Å². The molecule has 28 heavy (non-hydrogen) atoms. The number of amidine groups is 2. The van der Waals surface area contributed by atoms with Crippen molar-refractivity contribution in [2.24, 2.45) is 9.98 Å². The van der Waals surface area contributed by atoms with E-state index in [1.807, 2.05) is 25.1 Å². The van der Waals surface area contributed by atoms with E-state index in [1.54, 1.807) is 9.80 Å². The second-order valence-corrected chi connectivity index (χ2v) is 8.02. The van der Waals surface area contributed by atoms with E-state index in [9.17, 15) is 14.3 Å². The Hall–Kier alpha value is -1.84. The minimum atomic E-state index is -1.70. The third-order valence-electron chi connectivity index (χ3n) is 5.24. The molecule has 1 aromatic rings. The van der Waals surface area contributed by atoms with E-state index < -0.39 is 12.4 Å². The molecule has 1 fully saturated rings. The maximum absolute atomic E-state index is 14.5. The first-order chi connectivity index (χ1) is 13.5. The number of halogens is 2. The van der Waals surface area contributed by atoms with Crippen LogP contribution in [0.25, 0.3) is 0 Å². The van der Waals surface area contributed by atoms with E-state index in [4.69, 9.17) is 4.74 Å². The molecule has 0 radical (unpaired) electrons. The standard InChI is InChI=1S/C19H22BrFN4O3/c1-11-9-12-13(20)3-2-4-14(12)25(11)16(26)10-15-22-18(17(21)19(27)23-15)24-5-7-28-8-6-24/h2-4,11,17,19,27H,5-10H2,1H3. The fraction of sp³-hybridized carbons (Fsp3) is 0.526. The summed E-state index contributed by atoms with van der Waals surface area (Å²) in [6.45, 7) is 3.94. The predicted octanol–water partition coefficient (Wildman–Crippen LogP) is 1.92. The lowest BCUT2D eigenvalue weighted by atomic mass is 10.1. The number of alkyl halides is 1. The molecular formula is C19H22BrFN4O3. The number of hydrogen-bond acceptors (Lipinski definition) is 6. The molecule has 1 amide bonds. The Morgan fingerprint density at radius 1 is 1.39 bits per heavy atom. The average Bonchev–Trinajstić information content (AvgIpc) is 3.02.